The van der Waals surface area contributed by atoms with E-state index in [-0.39, 0.29) is 10.2 Å². The molecule has 0 saturated heterocycles. The molecule has 0 aliphatic rings. The van der Waals surface area contributed by atoms with Crippen LogP contribution < -0.4 is 4.74 Å². The van der Waals surface area contributed by atoms with E-state index in [1.54, 1.807) is 0 Å². The lowest BCUT2D eigenvalue weighted by Gasteiger charge is -2.10. The van der Waals surface area contributed by atoms with Crippen LogP contribution in [0.3, 0.4) is 0 Å². The lowest BCUT2D eigenvalue weighted by atomic mass is 10.2. The maximum Gasteiger partial charge on any atom is 0.335 e. The molecule has 20 heavy (non-hydrogen) atoms. The zero-order valence-electron chi connectivity index (χ0n) is 9.66. The predicted octanol–water partition coefficient (Wildman–Crippen LogP) is 4.36. The minimum Gasteiger partial charge on any atom is -0.478 e. The average molecular weight is 347 g/mol. The summed E-state index contributed by atoms with van der Waals surface area (Å²) in [5, 5.41) is 8.67. The van der Waals surface area contributed by atoms with Crippen molar-refractivity contribution in [1.29, 1.82) is 0 Å². The molecule has 0 aliphatic heterocycles. The lowest BCUT2D eigenvalue weighted by Crippen LogP contribution is -2.01. The Kier molecular flexibility index (Phi) is 3.99. The highest BCUT2D eigenvalue weighted by atomic mass is 79.9. The number of benzene rings is 2. The molecule has 0 bridgehead atoms. The van der Waals surface area contributed by atoms with Crippen LogP contribution in [0.4, 0.5) is 13.2 Å². The summed E-state index contributed by atoms with van der Waals surface area (Å²) in [6.45, 7) is 0. The van der Waals surface area contributed by atoms with Crippen molar-refractivity contribution in [1.82, 2.24) is 0 Å². The van der Waals surface area contributed by atoms with Crippen LogP contribution in [-0.4, -0.2) is 11.1 Å². The van der Waals surface area contributed by atoms with Gasteiger partial charge in [-0.3, -0.25) is 0 Å². The standard InChI is InChI=1S/C13H6BrF3O3/c14-8-5-7(15)1-2-11(8)20-12-9(16)3-6(13(18)19)4-10(12)17/h1-5H,(H,18,19). The van der Waals surface area contributed by atoms with Crippen molar-refractivity contribution in [2.75, 3.05) is 0 Å². The van der Waals surface area contributed by atoms with Crippen molar-refractivity contribution in [2.24, 2.45) is 0 Å². The van der Waals surface area contributed by atoms with Crippen molar-refractivity contribution in [3.8, 4) is 11.5 Å². The van der Waals surface area contributed by atoms with E-state index in [2.05, 4.69) is 15.9 Å². The summed E-state index contributed by atoms with van der Waals surface area (Å²) in [6.07, 6.45) is 0. The van der Waals surface area contributed by atoms with Gasteiger partial charge in [0.2, 0.25) is 0 Å². The first-order valence-corrected chi connectivity index (χ1v) is 6.03. The predicted molar refractivity (Wildman–Crippen MR) is 67.5 cm³/mol. The monoisotopic (exact) mass is 346 g/mol. The number of hydrogen-bond donors (Lipinski definition) is 1. The number of hydrogen-bond acceptors (Lipinski definition) is 2. The molecule has 0 atom stereocenters. The van der Waals surface area contributed by atoms with Crippen molar-refractivity contribution in [2.45, 2.75) is 0 Å². The highest BCUT2D eigenvalue weighted by Gasteiger charge is 2.17. The second kappa shape index (κ2) is 5.54. The van der Waals surface area contributed by atoms with Crippen LogP contribution in [0, 0.1) is 17.5 Å². The summed E-state index contributed by atoms with van der Waals surface area (Å²) < 4.78 is 45.4. The second-order valence-electron chi connectivity index (χ2n) is 3.75. The van der Waals surface area contributed by atoms with Gasteiger partial charge in [0.25, 0.3) is 0 Å². The summed E-state index contributed by atoms with van der Waals surface area (Å²) in [5.74, 6) is -5.12. The Hall–Kier alpha value is -2.02. The highest BCUT2D eigenvalue weighted by molar-refractivity contribution is 9.10. The largest absolute Gasteiger partial charge is 0.478 e. The summed E-state index contributed by atoms with van der Waals surface area (Å²) >= 11 is 2.99. The molecule has 2 aromatic rings. The fourth-order valence-corrected chi connectivity index (χ4v) is 1.88. The molecule has 3 nitrogen and oxygen atoms in total. The third kappa shape index (κ3) is 2.93. The second-order valence-corrected chi connectivity index (χ2v) is 4.61. The van der Waals surface area contributed by atoms with E-state index >= 15 is 0 Å². The Morgan fingerprint density at radius 3 is 2.20 bits per heavy atom. The molecule has 0 aliphatic carbocycles. The topological polar surface area (TPSA) is 46.5 Å². The van der Waals surface area contributed by atoms with Gasteiger partial charge in [0.1, 0.15) is 11.6 Å². The quantitative estimate of drug-likeness (QED) is 0.898. The summed E-state index contributed by atoms with van der Waals surface area (Å²) in [4.78, 5) is 10.6. The molecule has 0 unspecified atom stereocenters. The van der Waals surface area contributed by atoms with Crippen LogP contribution in [0.1, 0.15) is 10.4 Å². The molecule has 0 amide bonds. The molecular formula is C13H6BrF3O3. The van der Waals surface area contributed by atoms with Crippen molar-refractivity contribution < 1.29 is 27.8 Å². The number of carboxylic acids is 1. The summed E-state index contributed by atoms with van der Waals surface area (Å²) in [7, 11) is 0. The fourth-order valence-electron chi connectivity index (χ4n) is 1.45. The van der Waals surface area contributed by atoms with E-state index < -0.39 is 34.7 Å². The highest BCUT2D eigenvalue weighted by Crippen LogP contribution is 2.33. The Balaban J connectivity index is 2.41. The summed E-state index contributed by atoms with van der Waals surface area (Å²) in [6, 6.07) is 4.58. The Bertz CT molecular complexity index is 666. The number of rotatable bonds is 3. The first kappa shape index (κ1) is 14.4. The molecule has 2 rings (SSSR count). The van der Waals surface area contributed by atoms with Gasteiger partial charge in [0, 0.05) is 0 Å². The smallest absolute Gasteiger partial charge is 0.335 e. The van der Waals surface area contributed by atoms with Crippen LogP contribution in [0.5, 0.6) is 11.5 Å². The minimum atomic E-state index is -1.46. The van der Waals surface area contributed by atoms with Crippen LogP contribution in [0.25, 0.3) is 0 Å². The maximum absolute atomic E-state index is 13.7. The normalized spacial score (nSPS) is 10.4. The van der Waals surface area contributed by atoms with Gasteiger partial charge in [-0.25, -0.2) is 18.0 Å². The molecule has 0 fully saturated rings. The van der Waals surface area contributed by atoms with E-state index in [1.165, 1.54) is 6.07 Å². The molecule has 0 heterocycles. The molecule has 1 N–H and O–H groups in total. The molecule has 0 aromatic heterocycles. The van der Waals surface area contributed by atoms with Crippen LogP contribution in [0.2, 0.25) is 0 Å². The van der Waals surface area contributed by atoms with E-state index in [4.69, 9.17) is 9.84 Å². The third-order valence-electron chi connectivity index (χ3n) is 2.35. The van der Waals surface area contributed by atoms with Crippen molar-refractivity contribution >= 4 is 21.9 Å². The van der Waals surface area contributed by atoms with Gasteiger partial charge in [-0.1, -0.05) is 0 Å². The SMILES string of the molecule is O=C(O)c1cc(F)c(Oc2ccc(F)cc2Br)c(F)c1. The number of carbonyl (C=O) groups is 1. The van der Waals surface area contributed by atoms with Gasteiger partial charge in [0.15, 0.2) is 17.4 Å². The van der Waals surface area contributed by atoms with Crippen molar-refractivity contribution in [3.63, 3.8) is 0 Å². The average Bonchev–Trinajstić information content (AvgIpc) is 2.35. The molecule has 0 saturated carbocycles. The zero-order valence-corrected chi connectivity index (χ0v) is 11.2. The molecule has 0 spiro atoms. The molecule has 0 radical (unpaired) electrons. The zero-order chi connectivity index (χ0) is 14.9. The Morgan fingerprint density at radius 2 is 1.70 bits per heavy atom. The van der Waals surface area contributed by atoms with E-state index in [0.29, 0.717) is 12.1 Å². The molecule has 104 valence electrons. The first-order valence-electron chi connectivity index (χ1n) is 5.23. The van der Waals surface area contributed by atoms with E-state index in [9.17, 15) is 18.0 Å². The van der Waals surface area contributed by atoms with Gasteiger partial charge in [-0.05, 0) is 46.3 Å². The van der Waals surface area contributed by atoms with Gasteiger partial charge in [-0.2, -0.15) is 0 Å². The third-order valence-corrected chi connectivity index (χ3v) is 2.97. The van der Waals surface area contributed by atoms with Gasteiger partial charge >= 0.3 is 5.97 Å². The van der Waals surface area contributed by atoms with Gasteiger partial charge < -0.3 is 9.84 Å². The first-order chi connectivity index (χ1) is 9.38. The number of aromatic carboxylic acids is 1. The number of carboxylic acid groups (broad SMARTS) is 1. The Labute approximate surface area is 119 Å². The molecular weight excluding hydrogens is 341 g/mol. The van der Waals surface area contributed by atoms with Crippen LogP contribution in [-0.2, 0) is 0 Å². The van der Waals surface area contributed by atoms with Crippen LogP contribution in [0.15, 0.2) is 34.8 Å². The van der Waals surface area contributed by atoms with Gasteiger partial charge in [0.05, 0.1) is 10.0 Å². The van der Waals surface area contributed by atoms with Crippen molar-refractivity contribution in [3.05, 3.63) is 57.8 Å². The fraction of sp³-hybridized carbons (Fsp3) is 0. The maximum atomic E-state index is 13.7. The molecule has 7 heteroatoms. The minimum absolute atomic E-state index is 0.00715. The Morgan fingerprint density at radius 1 is 1.10 bits per heavy atom. The number of halogens is 4. The molecule has 2 aromatic carbocycles. The van der Waals surface area contributed by atoms with E-state index in [0.717, 1.165) is 12.1 Å². The summed E-state index contributed by atoms with van der Waals surface area (Å²) in [5.41, 5.74) is -0.537. The lowest BCUT2D eigenvalue weighted by molar-refractivity contribution is 0.0695. The van der Waals surface area contributed by atoms with E-state index in [1.807, 2.05) is 0 Å². The van der Waals surface area contributed by atoms with Crippen LogP contribution >= 0.6 is 15.9 Å². The number of ether oxygens (including phenoxy) is 1. The van der Waals surface area contributed by atoms with Gasteiger partial charge in [-0.15, -0.1) is 0 Å².